The predicted molar refractivity (Wildman–Crippen MR) is 96.5 cm³/mol. The smallest absolute Gasteiger partial charge is 0.253 e. The summed E-state index contributed by atoms with van der Waals surface area (Å²) in [4.78, 5) is 17.5. The molecular formula is C19H28N4O2. The molecule has 1 N–H and O–H groups in total. The number of carbonyl (C=O) groups is 1. The Bertz CT molecular complexity index is 741. The Balaban J connectivity index is 1.87. The monoisotopic (exact) mass is 344 g/mol. The van der Waals surface area contributed by atoms with Gasteiger partial charge in [0.05, 0.1) is 11.6 Å². The third kappa shape index (κ3) is 3.49. The molecule has 1 aliphatic heterocycles. The van der Waals surface area contributed by atoms with Crippen molar-refractivity contribution in [3.63, 3.8) is 0 Å². The van der Waals surface area contributed by atoms with Crippen LogP contribution in [0.15, 0.2) is 18.5 Å². The Morgan fingerprint density at radius 2 is 2.12 bits per heavy atom. The number of aryl methyl sites for hydroxylation is 2. The summed E-state index contributed by atoms with van der Waals surface area (Å²) in [5, 5.41) is 3.26. The van der Waals surface area contributed by atoms with Crippen LogP contribution in [-0.2, 0) is 18.3 Å². The molecule has 1 fully saturated rings. The number of nitrogens with one attached hydrogen (secondary N) is 1. The maximum atomic E-state index is 13.0. The van der Waals surface area contributed by atoms with Gasteiger partial charge in [0.2, 0.25) is 0 Å². The summed E-state index contributed by atoms with van der Waals surface area (Å²) in [6.07, 6.45) is 5.59. The fraction of sp³-hybridized carbons (Fsp3) is 0.579. The Morgan fingerprint density at radius 3 is 2.68 bits per heavy atom. The van der Waals surface area contributed by atoms with Crippen LogP contribution in [0.4, 0.5) is 0 Å². The molecule has 6 nitrogen and oxygen atoms in total. The van der Waals surface area contributed by atoms with Crippen molar-refractivity contribution in [1.82, 2.24) is 19.4 Å². The standard InChI is InChI=1S/C19H28N4O2/c1-5-23-13(2)12-16(14(23)3)19(24)21-17(15-6-10-25-11-7-15)18-20-8-9-22(18)4/h8-9,12,15,17H,5-7,10-11H2,1-4H3,(H,21,24). The van der Waals surface area contributed by atoms with Crippen LogP contribution in [0.2, 0.25) is 0 Å². The fourth-order valence-corrected chi connectivity index (χ4v) is 3.86. The number of imidazole rings is 1. The zero-order chi connectivity index (χ0) is 18.0. The van der Waals surface area contributed by atoms with Crippen LogP contribution < -0.4 is 5.32 Å². The number of nitrogens with zero attached hydrogens (tertiary/aromatic N) is 3. The van der Waals surface area contributed by atoms with Gasteiger partial charge in [0.25, 0.3) is 5.91 Å². The van der Waals surface area contributed by atoms with E-state index in [0.717, 1.165) is 55.4 Å². The van der Waals surface area contributed by atoms with Crippen LogP contribution in [0.25, 0.3) is 0 Å². The molecule has 1 atom stereocenters. The number of amides is 1. The predicted octanol–water partition coefficient (Wildman–Crippen LogP) is 2.76. The summed E-state index contributed by atoms with van der Waals surface area (Å²) in [5.74, 6) is 1.23. The molecule has 0 spiro atoms. The van der Waals surface area contributed by atoms with Crippen molar-refractivity contribution in [2.45, 2.75) is 46.2 Å². The van der Waals surface area contributed by atoms with Gasteiger partial charge >= 0.3 is 0 Å². The summed E-state index contributed by atoms with van der Waals surface area (Å²) in [6, 6.07) is 1.88. The van der Waals surface area contributed by atoms with Crippen molar-refractivity contribution < 1.29 is 9.53 Å². The van der Waals surface area contributed by atoms with Crippen LogP contribution in [0.5, 0.6) is 0 Å². The average Bonchev–Trinajstić information content (AvgIpc) is 3.16. The number of carbonyl (C=O) groups excluding carboxylic acids is 1. The lowest BCUT2D eigenvalue weighted by atomic mass is 9.90. The first-order valence-corrected chi connectivity index (χ1v) is 9.05. The zero-order valence-electron chi connectivity index (χ0n) is 15.6. The Kier molecular flexibility index (Phi) is 5.27. The van der Waals surface area contributed by atoms with E-state index in [-0.39, 0.29) is 11.9 Å². The molecule has 1 amide bonds. The highest BCUT2D eigenvalue weighted by Gasteiger charge is 2.30. The van der Waals surface area contributed by atoms with E-state index in [1.807, 2.05) is 37.7 Å². The quantitative estimate of drug-likeness (QED) is 0.907. The normalized spacial score (nSPS) is 16.8. The molecule has 3 heterocycles. The summed E-state index contributed by atoms with van der Waals surface area (Å²) < 4.78 is 9.66. The number of aromatic nitrogens is 3. The second kappa shape index (κ2) is 7.44. The number of hydrogen-bond donors (Lipinski definition) is 1. The molecule has 136 valence electrons. The van der Waals surface area contributed by atoms with Crippen LogP contribution in [0.3, 0.4) is 0 Å². The molecule has 0 aliphatic carbocycles. The SMILES string of the molecule is CCn1c(C)cc(C(=O)NC(c2nccn2C)C2CCOCC2)c1C. The lowest BCUT2D eigenvalue weighted by molar-refractivity contribution is 0.0499. The van der Waals surface area contributed by atoms with Crippen molar-refractivity contribution >= 4 is 5.91 Å². The van der Waals surface area contributed by atoms with Crippen molar-refractivity contribution in [1.29, 1.82) is 0 Å². The molecule has 0 bridgehead atoms. The first kappa shape index (κ1) is 17.7. The van der Waals surface area contributed by atoms with E-state index in [1.54, 1.807) is 6.20 Å². The van der Waals surface area contributed by atoms with Gasteiger partial charge < -0.3 is 19.2 Å². The summed E-state index contributed by atoms with van der Waals surface area (Å²) in [5.41, 5.74) is 2.89. The van der Waals surface area contributed by atoms with E-state index in [1.165, 1.54) is 0 Å². The van der Waals surface area contributed by atoms with Crippen molar-refractivity contribution in [3.8, 4) is 0 Å². The summed E-state index contributed by atoms with van der Waals surface area (Å²) in [7, 11) is 1.98. The second-order valence-electron chi connectivity index (χ2n) is 6.83. The molecule has 0 radical (unpaired) electrons. The van der Waals surface area contributed by atoms with E-state index >= 15 is 0 Å². The van der Waals surface area contributed by atoms with Crippen LogP contribution >= 0.6 is 0 Å². The first-order chi connectivity index (χ1) is 12.0. The third-order valence-corrected chi connectivity index (χ3v) is 5.30. The van der Waals surface area contributed by atoms with Gasteiger partial charge in [-0.3, -0.25) is 4.79 Å². The topological polar surface area (TPSA) is 61.1 Å². The van der Waals surface area contributed by atoms with E-state index in [2.05, 4.69) is 21.8 Å². The third-order valence-electron chi connectivity index (χ3n) is 5.30. The Hall–Kier alpha value is -2.08. The lowest BCUT2D eigenvalue weighted by Crippen LogP contribution is -2.37. The minimum absolute atomic E-state index is 0.0210. The highest BCUT2D eigenvalue weighted by atomic mass is 16.5. The van der Waals surface area contributed by atoms with E-state index in [4.69, 9.17) is 4.74 Å². The van der Waals surface area contributed by atoms with Gasteiger partial charge in [0, 0.05) is 50.6 Å². The number of hydrogen-bond acceptors (Lipinski definition) is 3. The van der Waals surface area contributed by atoms with Gasteiger partial charge in [-0.25, -0.2) is 4.98 Å². The average molecular weight is 344 g/mol. The van der Waals surface area contributed by atoms with E-state index in [9.17, 15) is 4.79 Å². The Morgan fingerprint density at radius 1 is 1.40 bits per heavy atom. The molecule has 3 rings (SSSR count). The maximum absolute atomic E-state index is 13.0. The van der Waals surface area contributed by atoms with Crippen molar-refractivity contribution in [2.24, 2.45) is 13.0 Å². The molecule has 25 heavy (non-hydrogen) atoms. The molecule has 2 aromatic heterocycles. The molecular weight excluding hydrogens is 316 g/mol. The minimum Gasteiger partial charge on any atom is -0.381 e. The molecule has 1 aliphatic rings. The fourth-order valence-electron chi connectivity index (χ4n) is 3.86. The van der Waals surface area contributed by atoms with Gasteiger partial charge in [-0.1, -0.05) is 0 Å². The molecule has 1 saturated heterocycles. The van der Waals surface area contributed by atoms with Gasteiger partial charge in [-0.2, -0.15) is 0 Å². The van der Waals surface area contributed by atoms with Gasteiger partial charge in [-0.15, -0.1) is 0 Å². The lowest BCUT2D eigenvalue weighted by Gasteiger charge is -2.30. The van der Waals surface area contributed by atoms with Crippen LogP contribution in [0.1, 0.15) is 53.4 Å². The van der Waals surface area contributed by atoms with Crippen LogP contribution in [-0.4, -0.2) is 33.2 Å². The highest BCUT2D eigenvalue weighted by Crippen LogP contribution is 2.29. The number of ether oxygens (including phenoxy) is 1. The molecule has 0 aromatic carbocycles. The van der Waals surface area contributed by atoms with Gasteiger partial charge in [0.1, 0.15) is 5.82 Å². The van der Waals surface area contributed by atoms with Gasteiger partial charge in [-0.05, 0) is 45.6 Å². The largest absolute Gasteiger partial charge is 0.381 e. The van der Waals surface area contributed by atoms with E-state index in [0.29, 0.717) is 5.92 Å². The summed E-state index contributed by atoms with van der Waals surface area (Å²) >= 11 is 0. The molecule has 6 heteroatoms. The zero-order valence-corrected chi connectivity index (χ0v) is 15.6. The molecule has 0 saturated carbocycles. The summed E-state index contributed by atoms with van der Waals surface area (Å²) in [6.45, 7) is 8.50. The molecule has 2 aromatic rings. The van der Waals surface area contributed by atoms with E-state index < -0.39 is 0 Å². The van der Waals surface area contributed by atoms with Crippen molar-refractivity contribution in [3.05, 3.63) is 41.2 Å². The highest BCUT2D eigenvalue weighted by molar-refractivity contribution is 5.96. The molecule has 1 unspecified atom stereocenters. The Labute approximate surface area is 149 Å². The van der Waals surface area contributed by atoms with Crippen molar-refractivity contribution in [2.75, 3.05) is 13.2 Å². The first-order valence-electron chi connectivity index (χ1n) is 9.05. The second-order valence-corrected chi connectivity index (χ2v) is 6.83. The maximum Gasteiger partial charge on any atom is 0.253 e. The van der Waals surface area contributed by atoms with Crippen LogP contribution in [0, 0.1) is 19.8 Å². The van der Waals surface area contributed by atoms with Gasteiger partial charge in [0.15, 0.2) is 0 Å². The number of rotatable bonds is 5. The minimum atomic E-state index is -0.0962.